The fourth-order valence-corrected chi connectivity index (χ4v) is 5.85. The van der Waals surface area contributed by atoms with Gasteiger partial charge < -0.3 is 14.2 Å². The van der Waals surface area contributed by atoms with Gasteiger partial charge in [0.2, 0.25) is 15.9 Å². The molecule has 44 heavy (non-hydrogen) atoms. The second-order valence-corrected chi connectivity index (χ2v) is 12.6. The predicted octanol–water partition coefficient (Wildman–Crippen LogP) is 6.88. The van der Waals surface area contributed by atoms with Crippen molar-refractivity contribution in [3.63, 3.8) is 0 Å². The van der Waals surface area contributed by atoms with Gasteiger partial charge >= 0.3 is 0 Å². The first-order valence-electron chi connectivity index (χ1n) is 13.5. The lowest BCUT2D eigenvalue weighted by Crippen LogP contribution is -2.25. The van der Waals surface area contributed by atoms with Crippen molar-refractivity contribution < 1.29 is 39.6 Å². The van der Waals surface area contributed by atoms with Gasteiger partial charge in [0.15, 0.2) is 5.69 Å². The van der Waals surface area contributed by atoms with Crippen molar-refractivity contribution in [2.75, 3.05) is 24.7 Å². The van der Waals surface area contributed by atoms with Crippen LogP contribution >= 0.6 is 0 Å². The monoisotopic (exact) mass is 627 g/mol. The number of carbonyl (C=O) groups is 1. The van der Waals surface area contributed by atoms with Gasteiger partial charge in [0.1, 0.15) is 28.7 Å². The van der Waals surface area contributed by atoms with E-state index in [0.717, 1.165) is 22.7 Å². The van der Waals surface area contributed by atoms with Gasteiger partial charge in [0.05, 0.1) is 17.5 Å². The Morgan fingerprint density at radius 2 is 1.68 bits per heavy atom. The first kappa shape index (κ1) is 29.4. The Labute approximate surface area is 249 Å². The van der Waals surface area contributed by atoms with Crippen molar-refractivity contribution in [1.82, 2.24) is 10.3 Å². The van der Waals surface area contributed by atoms with E-state index in [1.807, 2.05) is 0 Å². The van der Waals surface area contributed by atoms with E-state index < -0.39 is 39.2 Å². The summed E-state index contributed by atoms with van der Waals surface area (Å²) in [5.41, 5.74) is 0.609. The third-order valence-corrected chi connectivity index (χ3v) is 8.79. The van der Waals surface area contributed by atoms with E-state index in [1.165, 1.54) is 56.6 Å². The van der Waals surface area contributed by atoms with Gasteiger partial charge in [0, 0.05) is 55.1 Å². The number of aromatic nitrogens is 1. The number of nitrogens with zero attached hydrogens (tertiary/aromatic N) is 2. The molecule has 1 amide bonds. The van der Waals surface area contributed by atoms with Crippen molar-refractivity contribution in [2.24, 2.45) is 0 Å². The lowest BCUT2D eigenvalue weighted by Gasteiger charge is -2.21. The van der Waals surface area contributed by atoms with E-state index in [4.69, 9.17) is 8.83 Å². The lowest BCUT2D eigenvalue weighted by molar-refractivity contribution is -0.0274. The molecule has 0 bridgehead atoms. The number of furan rings is 1. The van der Waals surface area contributed by atoms with Crippen molar-refractivity contribution in [3.05, 3.63) is 83.2 Å². The summed E-state index contributed by atoms with van der Waals surface area (Å²) in [6.07, 6.45) is 1.08. The zero-order chi connectivity index (χ0) is 31.6. The Morgan fingerprint density at radius 1 is 0.977 bits per heavy atom. The van der Waals surface area contributed by atoms with E-state index in [9.17, 15) is 26.4 Å². The number of aryl methyl sites for hydroxylation is 1. The summed E-state index contributed by atoms with van der Waals surface area (Å²) in [6, 6.07) is 11.8. The maximum absolute atomic E-state index is 15.2. The quantitative estimate of drug-likeness (QED) is 0.206. The smallest absolute Gasteiger partial charge is 0.293 e. The number of halogens is 4. The Hall–Kier alpha value is -4.65. The Morgan fingerprint density at radius 3 is 2.34 bits per heavy atom. The molecule has 0 aliphatic heterocycles. The highest BCUT2D eigenvalue weighted by molar-refractivity contribution is 7.92. The van der Waals surface area contributed by atoms with Crippen LogP contribution in [0.1, 0.15) is 34.7 Å². The second kappa shape index (κ2) is 10.5. The zero-order valence-corrected chi connectivity index (χ0v) is 24.5. The van der Waals surface area contributed by atoms with Gasteiger partial charge in [-0.05, 0) is 60.5 Å². The Balaban J connectivity index is 1.60. The van der Waals surface area contributed by atoms with Crippen LogP contribution in [0, 0.1) is 11.6 Å². The van der Waals surface area contributed by atoms with E-state index in [2.05, 4.69) is 10.3 Å². The highest BCUT2D eigenvalue weighted by Crippen LogP contribution is 2.44. The number of amides is 1. The van der Waals surface area contributed by atoms with Gasteiger partial charge in [0.25, 0.3) is 11.8 Å². The van der Waals surface area contributed by atoms with Crippen LogP contribution in [0.2, 0.25) is 0 Å². The number of hydrogen-bond acceptors (Lipinski definition) is 6. The number of hydrogen-bond donors (Lipinski definition) is 1. The maximum atomic E-state index is 15.2. The summed E-state index contributed by atoms with van der Waals surface area (Å²) >= 11 is 0. The molecule has 2 aromatic heterocycles. The van der Waals surface area contributed by atoms with Crippen LogP contribution in [0.25, 0.3) is 44.9 Å². The molecule has 3 aromatic carbocycles. The Kier molecular flexibility index (Phi) is 7.03. The first-order chi connectivity index (χ1) is 20.8. The molecule has 13 heteroatoms. The molecule has 1 N–H and O–H groups in total. The van der Waals surface area contributed by atoms with Crippen LogP contribution in [-0.4, -0.2) is 39.7 Å². The van der Waals surface area contributed by atoms with Crippen molar-refractivity contribution in [2.45, 2.75) is 25.2 Å². The third kappa shape index (κ3) is 5.10. The zero-order valence-electron chi connectivity index (χ0n) is 23.7. The number of carbonyl (C=O) groups excluding carboxylic acids is 1. The molecule has 228 valence electrons. The molecular weight excluding hydrogens is 602 g/mol. The SMILES string of the molecule is CNC(=O)c1c(-c2ccc(F)cc2)oc2cc(N(C)S(C)(=O)=O)c(-c3cc(F)cc(-c4nc5c(o4)CCCC5(F)F)c3)cc12. The minimum atomic E-state index is -3.86. The van der Waals surface area contributed by atoms with Gasteiger partial charge in [-0.1, -0.05) is 0 Å². The minimum Gasteiger partial charge on any atom is -0.455 e. The summed E-state index contributed by atoms with van der Waals surface area (Å²) in [5, 5.41) is 2.82. The molecule has 0 saturated carbocycles. The summed E-state index contributed by atoms with van der Waals surface area (Å²) in [4.78, 5) is 17.1. The lowest BCUT2D eigenvalue weighted by atomic mass is 9.97. The number of anilines is 1. The average molecular weight is 628 g/mol. The number of benzene rings is 3. The van der Waals surface area contributed by atoms with Gasteiger partial charge in [-0.2, -0.15) is 8.78 Å². The van der Waals surface area contributed by atoms with E-state index in [0.29, 0.717) is 5.56 Å². The molecule has 0 fully saturated rings. The highest BCUT2D eigenvalue weighted by atomic mass is 32.2. The van der Waals surface area contributed by atoms with Crippen LogP contribution in [0.4, 0.5) is 23.2 Å². The molecule has 0 saturated heterocycles. The topological polar surface area (TPSA) is 106 Å². The number of rotatable bonds is 6. The summed E-state index contributed by atoms with van der Waals surface area (Å²) in [5.74, 6) is -5.04. The van der Waals surface area contributed by atoms with Crippen molar-refractivity contribution >= 4 is 32.6 Å². The number of nitrogens with one attached hydrogen (secondary N) is 1. The number of sulfonamides is 1. The van der Waals surface area contributed by atoms with Crippen LogP contribution in [0.5, 0.6) is 0 Å². The van der Waals surface area contributed by atoms with Crippen LogP contribution in [0.3, 0.4) is 0 Å². The summed E-state index contributed by atoms with van der Waals surface area (Å²) in [7, 11) is -1.14. The fourth-order valence-electron chi connectivity index (χ4n) is 5.35. The second-order valence-electron chi connectivity index (χ2n) is 10.6. The molecule has 8 nitrogen and oxygen atoms in total. The third-order valence-electron chi connectivity index (χ3n) is 7.60. The van der Waals surface area contributed by atoms with Gasteiger partial charge in [-0.25, -0.2) is 22.2 Å². The van der Waals surface area contributed by atoms with Crippen LogP contribution < -0.4 is 9.62 Å². The van der Waals surface area contributed by atoms with E-state index in [-0.39, 0.29) is 75.6 Å². The molecule has 1 aliphatic carbocycles. The number of oxazole rings is 1. The first-order valence-corrected chi connectivity index (χ1v) is 15.3. The molecule has 0 spiro atoms. The molecule has 2 heterocycles. The fraction of sp³-hybridized carbons (Fsp3) is 0.226. The van der Waals surface area contributed by atoms with E-state index >= 15 is 4.39 Å². The largest absolute Gasteiger partial charge is 0.455 e. The normalized spacial score (nSPS) is 14.4. The molecule has 6 rings (SSSR count). The highest BCUT2D eigenvalue weighted by Gasteiger charge is 2.41. The standard InChI is InChI=1S/C31H25F4N3O5S/c1-36-29(39)26-22-14-21(17-11-18(13-20(33)12-17)30-37-28-24(43-30)5-4-10-31(28,34)35)23(38(2)44(3,40)41)15-25(22)42-27(26)16-6-8-19(32)9-7-16/h6-9,11-15H,4-5,10H2,1-3H3,(H,36,39). The minimum absolute atomic E-state index is 0.0305. The van der Waals surface area contributed by atoms with Crippen molar-refractivity contribution in [3.8, 4) is 33.9 Å². The molecule has 0 radical (unpaired) electrons. The molecule has 5 aromatic rings. The molecule has 0 atom stereocenters. The predicted molar refractivity (Wildman–Crippen MR) is 156 cm³/mol. The molecule has 0 unspecified atom stereocenters. The maximum Gasteiger partial charge on any atom is 0.293 e. The van der Waals surface area contributed by atoms with Gasteiger partial charge in [-0.15, -0.1) is 0 Å². The molecule has 1 aliphatic rings. The number of fused-ring (bicyclic) bond motifs is 2. The summed E-state index contributed by atoms with van der Waals surface area (Å²) < 4.78 is 95.9. The number of alkyl halides is 2. The van der Waals surface area contributed by atoms with Crippen molar-refractivity contribution in [1.29, 1.82) is 0 Å². The molecular formula is C31H25F4N3O5S. The van der Waals surface area contributed by atoms with Crippen LogP contribution in [-0.2, 0) is 22.4 Å². The van der Waals surface area contributed by atoms with Gasteiger partial charge in [-0.3, -0.25) is 9.10 Å². The average Bonchev–Trinajstić information content (AvgIpc) is 3.58. The van der Waals surface area contributed by atoms with E-state index in [1.54, 1.807) is 0 Å². The Bertz CT molecular complexity index is 2050. The van der Waals surface area contributed by atoms with Crippen LogP contribution in [0.15, 0.2) is 63.4 Å². The summed E-state index contributed by atoms with van der Waals surface area (Å²) in [6.45, 7) is 0.